The van der Waals surface area contributed by atoms with E-state index in [9.17, 15) is 13.5 Å². The molecule has 0 aliphatic heterocycles. The quantitative estimate of drug-likeness (QED) is 0.799. The van der Waals surface area contributed by atoms with Crippen LogP contribution >= 0.6 is 11.3 Å². The Morgan fingerprint density at radius 1 is 1.64 bits per heavy atom. The molecule has 0 radical (unpaired) electrons. The highest BCUT2D eigenvalue weighted by Gasteiger charge is 2.25. The van der Waals surface area contributed by atoms with E-state index < -0.39 is 15.6 Å². The summed E-state index contributed by atoms with van der Waals surface area (Å²) in [6.45, 7) is 1.57. The van der Waals surface area contributed by atoms with Crippen LogP contribution in [-0.2, 0) is 15.6 Å². The maximum absolute atomic E-state index is 10.8. The lowest BCUT2D eigenvalue weighted by atomic mass is 10.1. The average Bonchev–Trinajstić information content (AvgIpc) is 2.52. The Kier molecular flexibility index (Phi) is 3.31. The summed E-state index contributed by atoms with van der Waals surface area (Å²) in [5.41, 5.74) is -1.14. The highest BCUT2D eigenvalue weighted by Crippen LogP contribution is 2.24. The average molecular weight is 235 g/mol. The number of nitrogens with one attached hydrogen (secondary N) is 1. The highest BCUT2D eigenvalue weighted by atomic mass is 32.2. The van der Waals surface area contributed by atoms with Crippen LogP contribution in [0.5, 0.6) is 0 Å². The molecule has 0 bridgehead atoms. The van der Waals surface area contributed by atoms with Crippen molar-refractivity contribution in [3.63, 3.8) is 0 Å². The van der Waals surface area contributed by atoms with Crippen LogP contribution in [-0.4, -0.2) is 26.3 Å². The van der Waals surface area contributed by atoms with Crippen LogP contribution in [0.2, 0.25) is 0 Å². The third kappa shape index (κ3) is 3.38. The number of hydrogen-bond acceptors (Lipinski definition) is 4. The van der Waals surface area contributed by atoms with Crippen LogP contribution in [0, 0.1) is 0 Å². The zero-order valence-corrected chi connectivity index (χ0v) is 9.65. The topological polar surface area (TPSA) is 66.4 Å². The number of sulfonamides is 1. The molecule has 0 fully saturated rings. The van der Waals surface area contributed by atoms with Gasteiger partial charge in [-0.25, -0.2) is 13.1 Å². The molecule has 1 rings (SSSR count). The second-order valence-corrected chi connectivity index (χ2v) is 6.13. The van der Waals surface area contributed by atoms with Crippen molar-refractivity contribution in [3.8, 4) is 0 Å². The minimum atomic E-state index is -3.25. The number of hydrogen-bond donors (Lipinski definition) is 2. The maximum atomic E-state index is 10.8. The molecule has 0 spiro atoms. The van der Waals surface area contributed by atoms with Crippen molar-refractivity contribution in [2.24, 2.45) is 0 Å². The fourth-order valence-corrected chi connectivity index (χ4v) is 2.27. The molecule has 1 atom stereocenters. The van der Waals surface area contributed by atoms with Crippen LogP contribution in [0.3, 0.4) is 0 Å². The van der Waals surface area contributed by atoms with Gasteiger partial charge in [0.1, 0.15) is 5.60 Å². The summed E-state index contributed by atoms with van der Waals surface area (Å²) < 4.78 is 23.9. The Morgan fingerprint density at radius 3 is 2.71 bits per heavy atom. The van der Waals surface area contributed by atoms with Crippen molar-refractivity contribution in [1.29, 1.82) is 0 Å². The molecule has 1 heterocycles. The van der Waals surface area contributed by atoms with Gasteiger partial charge < -0.3 is 5.11 Å². The van der Waals surface area contributed by atoms with E-state index in [0.29, 0.717) is 0 Å². The van der Waals surface area contributed by atoms with E-state index in [4.69, 9.17) is 0 Å². The molecule has 2 N–H and O–H groups in total. The van der Waals surface area contributed by atoms with Gasteiger partial charge in [0.25, 0.3) is 0 Å². The van der Waals surface area contributed by atoms with Crippen LogP contribution in [0.25, 0.3) is 0 Å². The van der Waals surface area contributed by atoms with Crippen molar-refractivity contribution < 1.29 is 13.5 Å². The first kappa shape index (κ1) is 11.6. The van der Waals surface area contributed by atoms with E-state index in [1.54, 1.807) is 13.0 Å². The third-order valence-electron chi connectivity index (χ3n) is 1.73. The smallest absolute Gasteiger partial charge is 0.208 e. The van der Waals surface area contributed by atoms with Crippen molar-refractivity contribution in [2.45, 2.75) is 12.5 Å². The highest BCUT2D eigenvalue weighted by molar-refractivity contribution is 7.88. The largest absolute Gasteiger partial charge is 0.383 e. The first-order valence-electron chi connectivity index (χ1n) is 4.02. The summed E-state index contributed by atoms with van der Waals surface area (Å²) in [5, 5.41) is 11.8. The molecule has 0 saturated carbocycles. The second kappa shape index (κ2) is 3.98. The monoisotopic (exact) mass is 235 g/mol. The van der Waals surface area contributed by atoms with Gasteiger partial charge in [0.05, 0.1) is 6.26 Å². The molecule has 4 nitrogen and oxygen atoms in total. The van der Waals surface area contributed by atoms with Gasteiger partial charge in [0.2, 0.25) is 10.0 Å². The van der Waals surface area contributed by atoms with Crippen LogP contribution < -0.4 is 4.72 Å². The summed E-state index contributed by atoms with van der Waals surface area (Å²) >= 11 is 1.40. The summed E-state index contributed by atoms with van der Waals surface area (Å²) in [6, 6.07) is 3.59. The fourth-order valence-electron chi connectivity index (χ4n) is 0.944. The molecular formula is C8H13NO3S2. The normalized spacial score (nSPS) is 16.5. The number of rotatable bonds is 4. The molecule has 0 aliphatic carbocycles. The molecule has 80 valence electrons. The molecule has 1 aromatic rings. The van der Waals surface area contributed by atoms with Gasteiger partial charge >= 0.3 is 0 Å². The standard InChI is InChI=1S/C8H13NO3S2/c1-8(10,6-9-14(2,11)12)7-4-3-5-13-7/h3-5,9-10H,6H2,1-2H3/t8-/m1/s1. The summed E-state index contributed by atoms with van der Waals surface area (Å²) in [6.07, 6.45) is 1.07. The lowest BCUT2D eigenvalue weighted by Gasteiger charge is -2.21. The van der Waals surface area contributed by atoms with Crippen molar-refractivity contribution in [3.05, 3.63) is 22.4 Å². The van der Waals surface area contributed by atoms with E-state index in [1.165, 1.54) is 11.3 Å². The minimum absolute atomic E-state index is 0.00759. The van der Waals surface area contributed by atoms with E-state index in [-0.39, 0.29) is 6.54 Å². The lowest BCUT2D eigenvalue weighted by molar-refractivity contribution is 0.0666. The van der Waals surface area contributed by atoms with E-state index in [0.717, 1.165) is 11.1 Å². The van der Waals surface area contributed by atoms with Crippen LogP contribution in [0.1, 0.15) is 11.8 Å². The van der Waals surface area contributed by atoms with Gasteiger partial charge in [-0.1, -0.05) is 6.07 Å². The van der Waals surface area contributed by atoms with Gasteiger partial charge in [-0.2, -0.15) is 0 Å². The summed E-state index contributed by atoms with van der Waals surface area (Å²) in [7, 11) is -3.25. The Labute approximate surface area is 87.6 Å². The molecule has 0 aromatic carbocycles. The van der Waals surface area contributed by atoms with Gasteiger partial charge in [0, 0.05) is 11.4 Å². The van der Waals surface area contributed by atoms with Gasteiger partial charge in [0.15, 0.2) is 0 Å². The van der Waals surface area contributed by atoms with Crippen molar-refractivity contribution in [1.82, 2.24) is 4.72 Å². The molecule has 14 heavy (non-hydrogen) atoms. The second-order valence-electron chi connectivity index (χ2n) is 3.34. The van der Waals surface area contributed by atoms with Crippen LogP contribution in [0.4, 0.5) is 0 Å². The maximum Gasteiger partial charge on any atom is 0.208 e. The molecule has 6 heteroatoms. The SMILES string of the molecule is C[C@@](O)(CNS(C)(=O)=O)c1cccs1. The molecule has 0 aliphatic rings. The molecular weight excluding hydrogens is 222 g/mol. The van der Waals surface area contributed by atoms with Crippen molar-refractivity contribution >= 4 is 21.4 Å². The summed E-state index contributed by atoms with van der Waals surface area (Å²) in [4.78, 5) is 0.744. The third-order valence-corrected chi connectivity index (χ3v) is 3.52. The van der Waals surface area contributed by atoms with Gasteiger partial charge in [-0.05, 0) is 18.4 Å². The van der Waals surface area contributed by atoms with E-state index in [2.05, 4.69) is 4.72 Å². The van der Waals surface area contributed by atoms with Gasteiger partial charge in [-0.3, -0.25) is 0 Å². The Morgan fingerprint density at radius 2 is 2.29 bits per heavy atom. The fraction of sp³-hybridized carbons (Fsp3) is 0.500. The first-order chi connectivity index (χ1) is 6.31. The first-order valence-corrected chi connectivity index (χ1v) is 6.79. The van der Waals surface area contributed by atoms with E-state index in [1.807, 2.05) is 11.4 Å². The number of aliphatic hydroxyl groups is 1. The van der Waals surface area contributed by atoms with E-state index >= 15 is 0 Å². The minimum Gasteiger partial charge on any atom is -0.383 e. The Balaban J connectivity index is 2.69. The molecule has 0 amide bonds. The Hall–Kier alpha value is -0.430. The zero-order valence-electron chi connectivity index (χ0n) is 8.02. The predicted molar refractivity (Wildman–Crippen MR) is 56.7 cm³/mol. The molecule has 0 saturated heterocycles. The van der Waals surface area contributed by atoms with Gasteiger partial charge in [-0.15, -0.1) is 11.3 Å². The molecule has 0 unspecified atom stereocenters. The zero-order chi connectivity index (χ0) is 10.8. The predicted octanol–water partition coefficient (Wildman–Crippen LogP) is 0.505. The Bertz CT molecular complexity index is 381. The van der Waals surface area contributed by atoms with Crippen LogP contribution in [0.15, 0.2) is 17.5 Å². The molecule has 1 aromatic heterocycles. The summed E-state index contributed by atoms with van der Waals surface area (Å²) in [5.74, 6) is 0. The van der Waals surface area contributed by atoms with Crippen molar-refractivity contribution in [2.75, 3.05) is 12.8 Å². The number of thiophene rings is 1. The lowest BCUT2D eigenvalue weighted by Crippen LogP contribution is -2.37.